The van der Waals surface area contributed by atoms with Crippen molar-refractivity contribution in [2.24, 2.45) is 5.92 Å². The van der Waals surface area contributed by atoms with Gasteiger partial charge in [0.1, 0.15) is 6.07 Å². The Morgan fingerprint density at radius 2 is 2.30 bits per heavy atom. The van der Waals surface area contributed by atoms with Crippen molar-refractivity contribution in [3.8, 4) is 6.07 Å². The first-order valence-corrected chi connectivity index (χ1v) is 3.44. The van der Waals surface area contributed by atoms with Crippen molar-refractivity contribution in [2.45, 2.75) is 19.3 Å². The van der Waals surface area contributed by atoms with Crippen LogP contribution in [0.5, 0.6) is 0 Å². The van der Waals surface area contributed by atoms with Crippen molar-refractivity contribution in [3.63, 3.8) is 0 Å². The van der Waals surface area contributed by atoms with Crippen LogP contribution < -0.4 is 0 Å². The Balaban J connectivity index is 2.50. The van der Waals surface area contributed by atoms with Crippen molar-refractivity contribution in [1.82, 2.24) is 0 Å². The van der Waals surface area contributed by atoms with Gasteiger partial charge in [-0.25, -0.2) is 0 Å². The molecule has 2 heteroatoms. The second-order valence-electron chi connectivity index (χ2n) is 2.54. The summed E-state index contributed by atoms with van der Waals surface area (Å²) in [5, 5.41) is 8.34. The summed E-state index contributed by atoms with van der Waals surface area (Å²) in [5.74, 6) is 0.500. The van der Waals surface area contributed by atoms with Gasteiger partial charge in [0.15, 0.2) is 6.29 Å². The monoisotopic (exact) mass is 135 g/mol. The highest BCUT2D eigenvalue weighted by atomic mass is 16.1. The number of hydrogen-bond donors (Lipinski definition) is 0. The fraction of sp³-hybridized carbons (Fsp3) is 0.500. The second kappa shape index (κ2) is 3.17. The summed E-state index contributed by atoms with van der Waals surface area (Å²) in [6.07, 6.45) is 5.91. The smallest absolute Gasteiger partial charge is 0.160 e. The molecule has 1 fully saturated rings. The molecule has 0 saturated heterocycles. The molecule has 0 bridgehead atoms. The van der Waals surface area contributed by atoms with Crippen LogP contribution in [0.2, 0.25) is 0 Å². The third-order valence-electron chi connectivity index (χ3n) is 1.82. The molecule has 10 heavy (non-hydrogen) atoms. The van der Waals surface area contributed by atoms with E-state index in [4.69, 9.17) is 5.26 Å². The Morgan fingerprint density at radius 3 is 2.60 bits per heavy atom. The minimum absolute atomic E-state index is 0.282. The minimum atomic E-state index is 0.282. The molecule has 0 amide bonds. The zero-order valence-corrected chi connectivity index (χ0v) is 5.71. The van der Waals surface area contributed by atoms with Gasteiger partial charge < -0.3 is 0 Å². The lowest BCUT2D eigenvalue weighted by atomic mass is 9.84. The van der Waals surface area contributed by atoms with Crippen molar-refractivity contribution in [1.29, 1.82) is 5.26 Å². The Bertz CT molecular complexity index is 196. The van der Waals surface area contributed by atoms with Crippen molar-refractivity contribution >= 4 is 6.29 Å². The maximum Gasteiger partial charge on any atom is 0.160 e. The van der Waals surface area contributed by atoms with E-state index < -0.39 is 0 Å². The molecule has 0 aromatic carbocycles. The topological polar surface area (TPSA) is 40.9 Å². The maximum absolute atomic E-state index is 10.1. The summed E-state index contributed by atoms with van der Waals surface area (Å²) < 4.78 is 0. The largest absolute Gasteiger partial charge is 0.297 e. The SMILES string of the molecule is N#C/C(C=O)=C\C1CCC1. The van der Waals surface area contributed by atoms with E-state index >= 15 is 0 Å². The molecule has 2 nitrogen and oxygen atoms in total. The maximum atomic E-state index is 10.1. The lowest BCUT2D eigenvalue weighted by molar-refractivity contribution is -0.104. The lowest BCUT2D eigenvalue weighted by Gasteiger charge is -2.21. The number of allylic oxidation sites excluding steroid dienone is 2. The summed E-state index contributed by atoms with van der Waals surface area (Å²) >= 11 is 0. The predicted molar refractivity (Wildman–Crippen MR) is 37.1 cm³/mol. The molecule has 52 valence electrons. The van der Waals surface area contributed by atoms with Gasteiger partial charge in [-0.2, -0.15) is 5.26 Å². The van der Waals surface area contributed by atoms with E-state index in [1.54, 1.807) is 6.08 Å². The normalized spacial score (nSPS) is 19.3. The van der Waals surface area contributed by atoms with Crippen LogP contribution in [-0.2, 0) is 4.79 Å². The van der Waals surface area contributed by atoms with E-state index in [1.165, 1.54) is 6.42 Å². The van der Waals surface area contributed by atoms with E-state index in [-0.39, 0.29) is 5.57 Å². The number of nitrogens with zero attached hydrogens (tertiary/aromatic N) is 1. The van der Waals surface area contributed by atoms with Gasteiger partial charge in [0.05, 0.1) is 5.57 Å². The highest BCUT2D eigenvalue weighted by Crippen LogP contribution is 2.27. The Labute approximate surface area is 60.2 Å². The fourth-order valence-electron chi connectivity index (χ4n) is 0.963. The first-order valence-electron chi connectivity index (χ1n) is 3.44. The lowest BCUT2D eigenvalue weighted by Crippen LogP contribution is -2.08. The number of aldehydes is 1. The molecule has 1 saturated carbocycles. The zero-order chi connectivity index (χ0) is 7.40. The zero-order valence-electron chi connectivity index (χ0n) is 5.71. The van der Waals surface area contributed by atoms with Gasteiger partial charge in [0.25, 0.3) is 0 Å². The quantitative estimate of drug-likeness (QED) is 0.326. The highest BCUT2D eigenvalue weighted by Gasteiger charge is 2.14. The molecule has 0 N–H and O–H groups in total. The third kappa shape index (κ3) is 1.44. The summed E-state index contributed by atoms with van der Waals surface area (Å²) in [7, 11) is 0. The number of nitriles is 1. The van der Waals surface area contributed by atoms with E-state index in [1.807, 2.05) is 6.07 Å². The Kier molecular flexibility index (Phi) is 2.22. The highest BCUT2D eigenvalue weighted by molar-refractivity contribution is 5.78. The van der Waals surface area contributed by atoms with Crippen LogP contribution >= 0.6 is 0 Å². The predicted octanol–water partition coefficient (Wildman–Crippen LogP) is 1.44. The van der Waals surface area contributed by atoms with Crippen LogP contribution in [0.1, 0.15) is 19.3 Å². The molecule has 0 heterocycles. The average molecular weight is 135 g/mol. The van der Waals surface area contributed by atoms with E-state index in [0.29, 0.717) is 12.2 Å². The number of carbonyl (C=O) groups is 1. The molecule has 0 radical (unpaired) electrons. The van der Waals surface area contributed by atoms with Gasteiger partial charge in [-0.15, -0.1) is 0 Å². The van der Waals surface area contributed by atoms with Gasteiger partial charge in [-0.3, -0.25) is 4.79 Å². The van der Waals surface area contributed by atoms with Gasteiger partial charge in [0.2, 0.25) is 0 Å². The van der Waals surface area contributed by atoms with E-state index in [9.17, 15) is 4.79 Å². The summed E-state index contributed by atoms with van der Waals surface area (Å²) in [5.41, 5.74) is 0.282. The molecule has 1 aliphatic carbocycles. The molecule has 1 aliphatic rings. The minimum Gasteiger partial charge on any atom is -0.297 e. The van der Waals surface area contributed by atoms with Crippen LogP contribution in [-0.4, -0.2) is 6.29 Å². The summed E-state index contributed by atoms with van der Waals surface area (Å²) in [6.45, 7) is 0. The van der Waals surface area contributed by atoms with Crippen molar-refractivity contribution < 1.29 is 4.79 Å². The first kappa shape index (κ1) is 7.01. The number of carbonyl (C=O) groups excluding carboxylic acids is 1. The standard InChI is InChI=1S/C8H9NO/c9-5-8(6-10)4-7-2-1-3-7/h4,6-7H,1-3H2/b8-4+. The summed E-state index contributed by atoms with van der Waals surface area (Å²) in [6, 6.07) is 1.84. The van der Waals surface area contributed by atoms with Gasteiger partial charge >= 0.3 is 0 Å². The van der Waals surface area contributed by atoms with Crippen molar-refractivity contribution in [2.75, 3.05) is 0 Å². The molecule has 0 atom stereocenters. The fourth-order valence-corrected chi connectivity index (χ4v) is 0.963. The Morgan fingerprint density at radius 1 is 1.60 bits per heavy atom. The molecular weight excluding hydrogens is 126 g/mol. The van der Waals surface area contributed by atoms with Crippen LogP contribution in [0.3, 0.4) is 0 Å². The molecular formula is C8H9NO. The Hall–Kier alpha value is -1.10. The molecule has 0 aromatic heterocycles. The van der Waals surface area contributed by atoms with Crippen molar-refractivity contribution in [3.05, 3.63) is 11.6 Å². The second-order valence-corrected chi connectivity index (χ2v) is 2.54. The number of hydrogen-bond acceptors (Lipinski definition) is 2. The third-order valence-corrected chi connectivity index (χ3v) is 1.82. The van der Waals surface area contributed by atoms with Crippen LogP contribution in [0.4, 0.5) is 0 Å². The van der Waals surface area contributed by atoms with Crippen LogP contribution in [0, 0.1) is 17.2 Å². The van der Waals surface area contributed by atoms with Gasteiger partial charge in [-0.05, 0) is 18.8 Å². The van der Waals surface area contributed by atoms with E-state index in [0.717, 1.165) is 12.8 Å². The molecule has 0 aliphatic heterocycles. The van der Waals surface area contributed by atoms with Crippen LogP contribution in [0.25, 0.3) is 0 Å². The first-order chi connectivity index (χ1) is 4.86. The van der Waals surface area contributed by atoms with Crippen LogP contribution in [0.15, 0.2) is 11.6 Å². The molecule has 0 unspecified atom stereocenters. The molecule has 0 aromatic rings. The van der Waals surface area contributed by atoms with Gasteiger partial charge in [0, 0.05) is 0 Å². The van der Waals surface area contributed by atoms with E-state index in [2.05, 4.69) is 0 Å². The number of rotatable bonds is 2. The molecule has 0 spiro atoms. The summed E-state index contributed by atoms with van der Waals surface area (Å²) in [4.78, 5) is 10.1. The average Bonchev–Trinajstić information content (AvgIpc) is 1.87. The van der Waals surface area contributed by atoms with Gasteiger partial charge in [-0.1, -0.05) is 12.5 Å². The molecule has 1 rings (SSSR count).